The van der Waals surface area contributed by atoms with Gasteiger partial charge >= 0.3 is 5.97 Å². The molecule has 0 spiro atoms. The Morgan fingerprint density at radius 3 is 2.74 bits per heavy atom. The molecule has 0 fully saturated rings. The van der Waals surface area contributed by atoms with Crippen LogP contribution in [0.4, 0.5) is 0 Å². The van der Waals surface area contributed by atoms with E-state index in [2.05, 4.69) is 36.9 Å². The van der Waals surface area contributed by atoms with Crippen LogP contribution in [0.1, 0.15) is 26.3 Å². The average molecular weight is 309 g/mol. The minimum atomic E-state index is -0.950. The van der Waals surface area contributed by atoms with Crippen molar-refractivity contribution in [2.45, 2.75) is 26.3 Å². The number of carboxylic acids is 1. The van der Waals surface area contributed by atoms with Gasteiger partial charge in [-0.2, -0.15) is 5.10 Å². The standard InChI is InChI=1S/C18H19N3O2/c1-18(2,3)21-11-14(10-19-21)16-9-13-8-12(5-7-17(22)23)4-6-15(13)20-16/h4-11,20H,1-3H3,(H,22,23)/b7-5+. The summed E-state index contributed by atoms with van der Waals surface area (Å²) in [5, 5.41) is 14.2. The fourth-order valence-corrected chi connectivity index (χ4v) is 2.41. The highest BCUT2D eigenvalue weighted by Crippen LogP contribution is 2.26. The molecule has 5 nitrogen and oxygen atoms in total. The summed E-state index contributed by atoms with van der Waals surface area (Å²) >= 11 is 0. The Morgan fingerprint density at radius 2 is 2.09 bits per heavy atom. The van der Waals surface area contributed by atoms with Gasteiger partial charge in [-0.15, -0.1) is 0 Å². The molecule has 0 saturated carbocycles. The predicted octanol–water partition coefficient (Wildman–Crippen LogP) is 3.88. The van der Waals surface area contributed by atoms with Gasteiger partial charge < -0.3 is 10.1 Å². The number of carboxylic acid groups (broad SMARTS) is 1. The first-order valence-corrected chi connectivity index (χ1v) is 7.42. The van der Waals surface area contributed by atoms with Crippen molar-refractivity contribution in [3.8, 4) is 11.3 Å². The molecule has 2 heterocycles. The van der Waals surface area contributed by atoms with Crippen LogP contribution < -0.4 is 0 Å². The second-order valence-corrected chi connectivity index (χ2v) is 6.55. The number of fused-ring (bicyclic) bond motifs is 1. The van der Waals surface area contributed by atoms with Gasteiger partial charge in [0.15, 0.2) is 0 Å². The topological polar surface area (TPSA) is 70.9 Å². The summed E-state index contributed by atoms with van der Waals surface area (Å²) in [5.41, 5.74) is 3.83. The third-order valence-electron chi connectivity index (χ3n) is 3.64. The highest BCUT2D eigenvalue weighted by Gasteiger charge is 2.15. The van der Waals surface area contributed by atoms with Crippen LogP contribution in [0.3, 0.4) is 0 Å². The second-order valence-electron chi connectivity index (χ2n) is 6.55. The van der Waals surface area contributed by atoms with Crippen LogP contribution in [-0.2, 0) is 10.3 Å². The number of nitrogens with one attached hydrogen (secondary N) is 1. The van der Waals surface area contributed by atoms with Gasteiger partial charge in [0.05, 0.1) is 11.7 Å². The van der Waals surface area contributed by atoms with E-state index in [0.29, 0.717) is 0 Å². The average Bonchev–Trinajstić information content (AvgIpc) is 3.10. The van der Waals surface area contributed by atoms with Gasteiger partial charge in [0, 0.05) is 34.4 Å². The molecular weight excluding hydrogens is 290 g/mol. The molecule has 3 aromatic rings. The molecule has 0 aliphatic heterocycles. The fraction of sp³-hybridized carbons (Fsp3) is 0.222. The number of aromatic amines is 1. The van der Waals surface area contributed by atoms with Crippen LogP contribution >= 0.6 is 0 Å². The summed E-state index contributed by atoms with van der Waals surface area (Å²) in [6.07, 6.45) is 6.60. The molecule has 0 bridgehead atoms. The minimum absolute atomic E-state index is 0.0565. The third kappa shape index (κ3) is 3.18. The first kappa shape index (κ1) is 15.1. The minimum Gasteiger partial charge on any atom is -0.478 e. The molecular formula is C18H19N3O2. The zero-order valence-electron chi connectivity index (χ0n) is 13.4. The lowest BCUT2D eigenvalue weighted by molar-refractivity contribution is -0.131. The first-order valence-electron chi connectivity index (χ1n) is 7.42. The van der Waals surface area contributed by atoms with Gasteiger partial charge in [0.2, 0.25) is 0 Å². The number of hydrogen-bond acceptors (Lipinski definition) is 2. The molecule has 1 aromatic carbocycles. The lowest BCUT2D eigenvalue weighted by atomic mass is 10.1. The Kier molecular flexibility index (Phi) is 3.56. The van der Waals surface area contributed by atoms with Crippen LogP contribution in [0.15, 0.2) is 42.7 Å². The molecule has 2 N–H and O–H groups in total. The van der Waals surface area contributed by atoms with Gasteiger partial charge in [-0.3, -0.25) is 4.68 Å². The van der Waals surface area contributed by atoms with Crippen molar-refractivity contribution in [2.24, 2.45) is 0 Å². The number of benzene rings is 1. The van der Waals surface area contributed by atoms with Gasteiger partial charge in [0.1, 0.15) is 0 Å². The molecule has 0 radical (unpaired) electrons. The first-order chi connectivity index (χ1) is 10.8. The third-order valence-corrected chi connectivity index (χ3v) is 3.64. The van der Waals surface area contributed by atoms with Gasteiger partial charge in [-0.1, -0.05) is 6.07 Å². The number of aromatic nitrogens is 3. The number of carbonyl (C=O) groups is 1. The number of nitrogens with zero attached hydrogens (tertiary/aromatic N) is 2. The Hall–Kier alpha value is -2.82. The van der Waals surface area contributed by atoms with E-state index >= 15 is 0 Å². The molecule has 0 unspecified atom stereocenters. The van der Waals surface area contributed by atoms with Crippen LogP contribution in [0.2, 0.25) is 0 Å². The van der Waals surface area contributed by atoms with Crippen LogP contribution in [0, 0.1) is 0 Å². The SMILES string of the molecule is CC(C)(C)n1cc(-c2cc3cc(/C=C/C(=O)O)ccc3[nH]2)cn1. The Labute approximate surface area is 134 Å². The summed E-state index contributed by atoms with van der Waals surface area (Å²) in [5.74, 6) is -0.950. The number of aliphatic carboxylic acids is 1. The summed E-state index contributed by atoms with van der Waals surface area (Å²) in [6.45, 7) is 6.32. The van der Waals surface area contributed by atoms with Crippen molar-refractivity contribution in [3.63, 3.8) is 0 Å². The predicted molar refractivity (Wildman–Crippen MR) is 91.2 cm³/mol. The molecule has 0 aliphatic rings. The van der Waals surface area contributed by atoms with Crippen molar-refractivity contribution < 1.29 is 9.90 Å². The quantitative estimate of drug-likeness (QED) is 0.721. The zero-order valence-corrected chi connectivity index (χ0v) is 13.4. The number of rotatable bonds is 3. The fourth-order valence-electron chi connectivity index (χ4n) is 2.41. The number of hydrogen-bond donors (Lipinski definition) is 2. The van der Waals surface area contributed by atoms with E-state index in [0.717, 1.165) is 33.8 Å². The number of H-pyrrole nitrogens is 1. The molecule has 23 heavy (non-hydrogen) atoms. The van der Waals surface area contributed by atoms with E-state index in [4.69, 9.17) is 5.11 Å². The van der Waals surface area contributed by atoms with Crippen LogP contribution in [0.25, 0.3) is 28.2 Å². The van der Waals surface area contributed by atoms with E-state index in [1.807, 2.05) is 35.3 Å². The van der Waals surface area contributed by atoms with Crippen molar-refractivity contribution in [1.82, 2.24) is 14.8 Å². The lowest BCUT2D eigenvalue weighted by Crippen LogP contribution is -2.21. The monoisotopic (exact) mass is 309 g/mol. The van der Waals surface area contributed by atoms with Crippen molar-refractivity contribution in [2.75, 3.05) is 0 Å². The summed E-state index contributed by atoms with van der Waals surface area (Å²) in [7, 11) is 0. The molecule has 5 heteroatoms. The molecule has 118 valence electrons. The van der Waals surface area contributed by atoms with E-state index in [1.54, 1.807) is 6.08 Å². The largest absolute Gasteiger partial charge is 0.478 e. The van der Waals surface area contributed by atoms with Crippen molar-refractivity contribution in [3.05, 3.63) is 48.3 Å². The summed E-state index contributed by atoms with van der Waals surface area (Å²) in [4.78, 5) is 14.0. The van der Waals surface area contributed by atoms with E-state index < -0.39 is 5.97 Å². The van der Waals surface area contributed by atoms with E-state index in [-0.39, 0.29) is 5.54 Å². The molecule has 0 atom stereocenters. The summed E-state index contributed by atoms with van der Waals surface area (Å²) in [6, 6.07) is 7.86. The van der Waals surface area contributed by atoms with Gasteiger partial charge in [-0.05, 0) is 50.6 Å². The highest BCUT2D eigenvalue weighted by atomic mass is 16.4. The van der Waals surface area contributed by atoms with Gasteiger partial charge in [0.25, 0.3) is 0 Å². The highest BCUT2D eigenvalue weighted by molar-refractivity contribution is 5.90. The Morgan fingerprint density at radius 1 is 1.30 bits per heavy atom. The van der Waals surface area contributed by atoms with Gasteiger partial charge in [-0.25, -0.2) is 4.79 Å². The summed E-state index contributed by atoms with van der Waals surface area (Å²) < 4.78 is 1.94. The normalized spacial score (nSPS) is 12.3. The van der Waals surface area contributed by atoms with Crippen molar-refractivity contribution >= 4 is 22.9 Å². The zero-order chi connectivity index (χ0) is 16.6. The maximum Gasteiger partial charge on any atom is 0.328 e. The van der Waals surface area contributed by atoms with E-state index in [1.165, 1.54) is 0 Å². The smallest absolute Gasteiger partial charge is 0.328 e. The maximum absolute atomic E-state index is 10.6. The van der Waals surface area contributed by atoms with E-state index in [9.17, 15) is 4.79 Å². The van der Waals surface area contributed by atoms with Crippen LogP contribution in [0.5, 0.6) is 0 Å². The molecule has 3 rings (SSSR count). The Bertz CT molecular complexity index is 895. The molecule has 0 aliphatic carbocycles. The second kappa shape index (κ2) is 5.43. The molecule has 0 amide bonds. The molecule has 2 aromatic heterocycles. The maximum atomic E-state index is 10.6. The van der Waals surface area contributed by atoms with Crippen molar-refractivity contribution in [1.29, 1.82) is 0 Å². The Balaban J connectivity index is 1.97. The lowest BCUT2D eigenvalue weighted by Gasteiger charge is -2.18. The molecule has 0 saturated heterocycles. The van der Waals surface area contributed by atoms with Crippen LogP contribution in [-0.4, -0.2) is 25.8 Å².